The van der Waals surface area contributed by atoms with Crippen LogP contribution in [0.15, 0.2) is 54.6 Å². The monoisotopic (exact) mass is 299 g/mol. The molecular formula is C18H21NOS. The fourth-order valence-corrected chi connectivity index (χ4v) is 2.34. The molecule has 2 aromatic carbocycles. The largest absolute Gasteiger partial charge is 0.493 e. The predicted molar refractivity (Wildman–Crippen MR) is 91.9 cm³/mol. The quantitative estimate of drug-likeness (QED) is 0.817. The summed E-state index contributed by atoms with van der Waals surface area (Å²) in [6, 6.07) is 18.7. The number of thiocarbonyl (C=S) groups is 1. The third-order valence-electron chi connectivity index (χ3n) is 3.69. The third kappa shape index (κ3) is 4.05. The number of hydrogen-bond donors (Lipinski definition) is 1. The number of rotatable bonds is 6. The molecule has 0 aliphatic rings. The van der Waals surface area contributed by atoms with Crippen molar-refractivity contribution in [1.82, 2.24) is 0 Å². The van der Waals surface area contributed by atoms with Gasteiger partial charge in [0.05, 0.1) is 11.6 Å². The maximum Gasteiger partial charge on any atom is 0.119 e. The molecule has 0 aromatic heterocycles. The maximum absolute atomic E-state index is 5.62. The molecule has 2 N–H and O–H groups in total. The Bertz CT molecular complexity index is 590. The van der Waals surface area contributed by atoms with Gasteiger partial charge in [0.15, 0.2) is 0 Å². The Morgan fingerprint density at radius 2 is 1.57 bits per heavy atom. The lowest BCUT2D eigenvalue weighted by Gasteiger charge is -2.26. The van der Waals surface area contributed by atoms with Crippen LogP contribution in [-0.4, -0.2) is 11.6 Å². The van der Waals surface area contributed by atoms with Crippen LogP contribution in [0.1, 0.15) is 31.4 Å². The molecule has 110 valence electrons. The Morgan fingerprint density at radius 3 is 2.14 bits per heavy atom. The highest BCUT2D eigenvalue weighted by molar-refractivity contribution is 7.80. The minimum atomic E-state index is -0.0292. The van der Waals surface area contributed by atoms with Gasteiger partial charge in [0.2, 0.25) is 0 Å². The Labute approximate surface area is 131 Å². The van der Waals surface area contributed by atoms with Crippen LogP contribution >= 0.6 is 12.2 Å². The standard InChI is InChI=1S/C18H21NOS/c1-18(2,14-6-4-3-5-7-14)15-8-10-16(11-9-15)20-13-12-17(19)21/h3-11H,12-13H2,1-2H3,(H2,19,21). The third-order valence-corrected chi connectivity index (χ3v) is 3.89. The second-order valence-corrected chi connectivity index (χ2v) is 6.10. The second-order valence-electron chi connectivity index (χ2n) is 5.58. The van der Waals surface area contributed by atoms with Crippen molar-refractivity contribution in [2.24, 2.45) is 5.73 Å². The van der Waals surface area contributed by atoms with Gasteiger partial charge in [-0.3, -0.25) is 0 Å². The van der Waals surface area contributed by atoms with E-state index in [1.165, 1.54) is 11.1 Å². The predicted octanol–water partition coefficient (Wildman–Crippen LogP) is 4.07. The molecule has 2 rings (SSSR count). The molecule has 3 heteroatoms. The van der Waals surface area contributed by atoms with Crippen molar-refractivity contribution in [3.63, 3.8) is 0 Å². The van der Waals surface area contributed by atoms with Gasteiger partial charge in [-0.05, 0) is 23.3 Å². The van der Waals surface area contributed by atoms with Crippen LogP contribution < -0.4 is 10.5 Å². The van der Waals surface area contributed by atoms with Crippen molar-refractivity contribution >= 4 is 17.2 Å². The molecule has 0 unspecified atom stereocenters. The highest BCUT2D eigenvalue weighted by Gasteiger charge is 2.22. The van der Waals surface area contributed by atoms with Crippen LogP contribution in [-0.2, 0) is 5.41 Å². The van der Waals surface area contributed by atoms with Gasteiger partial charge in [-0.15, -0.1) is 0 Å². The number of benzene rings is 2. The number of hydrogen-bond acceptors (Lipinski definition) is 2. The van der Waals surface area contributed by atoms with E-state index >= 15 is 0 Å². The van der Waals surface area contributed by atoms with Gasteiger partial charge < -0.3 is 10.5 Å². The van der Waals surface area contributed by atoms with Crippen LogP contribution in [0.25, 0.3) is 0 Å². The molecule has 2 aromatic rings. The van der Waals surface area contributed by atoms with Crippen LogP contribution in [0.2, 0.25) is 0 Å². The van der Waals surface area contributed by atoms with Crippen LogP contribution in [0, 0.1) is 0 Å². The zero-order chi connectivity index (χ0) is 15.3. The Morgan fingerprint density at radius 1 is 1.00 bits per heavy atom. The van der Waals surface area contributed by atoms with Gasteiger partial charge in [0, 0.05) is 11.8 Å². The van der Waals surface area contributed by atoms with Gasteiger partial charge in [-0.25, -0.2) is 0 Å². The molecule has 0 heterocycles. The van der Waals surface area contributed by atoms with E-state index < -0.39 is 0 Å². The summed E-state index contributed by atoms with van der Waals surface area (Å²) in [4.78, 5) is 0.483. The molecule has 0 bridgehead atoms. The summed E-state index contributed by atoms with van der Waals surface area (Å²) in [5.74, 6) is 0.846. The van der Waals surface area contributed by atoms with Crippen molar-refractivity contribution in [3.8, 4) is 5.75 Å². The summed E-state index contributed by atoms with van der Waals surface area (Å²) in [5.41, 5.74) is 7.98. The topological polar surface area (TPSA) is 35.2 Å². The summed E-state index contributed by atoms with van der Waals surface area (Å²) in [7, 11) is 0. The van der Waals surface area contributed by atoms with Crippen molar-refractivity contribution < 1.29 is 4.74 Å². The molecule has 0 amide bonds. The lowest BCUT2D eigenvalue weighted by atomic mass is 9.78. The first kappa shape index (κ1) is 15.5. The zero-order valence-corrected chi connectivity index (χ0v) is 13.3. The highest BCUT2D eigenvalue weighted by atomic mass is 32.1. The van der Waals surface area contributed by atoms with E-state index in [-0.39, 0.29) is 5.41 Å². The van der Waals surface area contributed by atoms with E-state index in [1.807, 2.05) is 18.2 Å². The van der Waals surface area contributed by atoms with Crippen molar-refractivity contribution in [2.45, 2.75) is 25.7 Å². The fourth-order valence-electron chi connectivity index (χ4n) is 2.26. The minimum Gasteiger partial charge on any atom is -0.493 e. The SMILES string of the molecule is CC(C)(c1ccccc1)c1ccc(OCCC(N)=S)cc1. The lowest BCUT2D eigenvalue weighted by Crippen LogP contribution is -2.18. The summed E-state index contributed by atoms with van der Waals surface area (Å²) in [6.45, 7) is 4.98. The van der Waals surface area contributed by atoms with Gasteiger partial charge >= 0.3 is 0 Å². The lowest BCUT2D eigenvalue weighted by molar-refractivity contribution is 0.329. The number of ether oxygens (including phenoxy) is 1. The van der Waals surface area contributed by atoms with E-state index in [2.05, 4.69) is 50.2 Å². The van der Waals surface area contributed by atoms with E-state index in [0.717, 1.165) is 5.75 Å². The van der Waals surface area contributed by atoms with E-state index in [9.17, 15) is 0 Å². The van der Waals surface area contributed by atoms with Crippen molar-refractivity contribution in [3.05, 3.63) is 65.7 Å². The van der Waals surface area contributed by atoms with Crippen LogP contribution in [0.3, 0.4) is 0 Å². The Balaban J connectivity index is 2.09. The summed E-state index contributed by atoms with van der Waals surface area (Å²) in [5, 5.41) is 0. The maximum atomic E-state index is 5.62. The Hall–Kier alpha value is -1.87. The van der Waals surface area contributed by atoms with E-state index in [4.69, 9.17) is 22.7 Å². The molecule has 0 aliphatic carbocycles. The van der Waals surface area contributed by atoms with E-state index in [1.54, 1.807) is 0 Å². The molecule has 0 saturated heterocycles. The number of nitrogens with two attached hydrogens (primary N) is 1. The molecule has 0 atom stereocenters. The van der Waals surface area contributed by atoms with Crippen LogP contribution in [0.4, 0.5) is 0 Å². The molecule has 0 spiro atoms. The average Bonchev–Trinajstić information content (AvgIpc) is 2.48. The molecule has 21 heavy (non-hydrogen) atoms. The van der Waals surface area contributed by atoms with Crippen molar-refractivity contribution in [1.29, 1.82) is 0 Å². The first-order valence-corrected chi connectivity index (χ1v) is 7.48. The smallest absolute Gasteiger partial charge is 0.119 e. The summed E-state index contributed by atoms with van der Waals surface area (Å²) >= 11 is 4.83. The summed E-state index contributed by atoms with van der Waals surface area (Å²) in [6.07, 6.45) is 0.604. The first-order chi connectivity index (χ1) is 10.00. The first-order valence-electron chi connectivity index (χ1n) is 7.07. The molecular weight excluding hydrogens is 278 g/mol. The highest BCUT2D eigenvalue weighted by Crippen LogP contribution is 2.32. The van der Waals surface area contributed by atoms with E-state index in [0.29, 0.717) is 18.0 Å². The second kappa shape index (κ2) is 6.72. The van der Waals surface area contributed by atoms with Gasteiger partial charge in [0.1, 0.15) is 5.75 Å². The van der Waals surface area contributed by atoms with Gasteiger partial charge in [-0.1, -0.05) is 68.5 Å². The summed E-state index contributed by atoms with van der Waals surface area (Å²) < 4.78 is 5.62. The molecule has 0 fully saturated rings. The molecule has 0 radical (unpaired) electrons. The van der Waals surface area contributed by atoms with Crippen molar-refractivity contribution in [2.75, 3.05) is 6.61 Å². The minimum absolute atomic E-state index is 0.0292. The zero-order valence-electron chi connectivity index (χ0n) is 12.5. The molecule has 0 aliphatic heterocycles. The normalized spacial score (nSPS) is 11.1. The fraction of sp³-hybridized carbons (Fsp3) is 0.278. The Kier molecular flexibility index (Phi) is 4.97. The molecule has 0 saturated carbocycles. The van der Waals surface area contributed by atoms with Crippen LogP contribution in [0.5, 0.6) is 5.75 Å². The van der Waals surface area contributed by atoms with Gasteiger partial charge in [0.25, 0.3) is 0 Å². The average molecular weight is 299 g/mol. The van der Waals surface area contributed by atoms with Gasteiger partial charge in [-0.2, -0.15) is 0 Å². The molecule has 2 nitrogen and oxygen atoms in total.